The number of para-hydroxylation sites is 1. The number of hydrogen-bond donors (Lipinski definition) is 2. The summed E-state index contributed by atoms with van der Waals surface area (Å²) >= 11 is 0. The van der Waals surface area contributed by atoms with Crippen LogP contribution in [0.2, 0.25) is 0 Å². The predicted octanol–water partition coefficient (Wildman–Crippen LogP) is 3.37. The second kappa shape index (κ2) is 5.90. The van der Waals surface area contributed by atoms with Crippen molar-refractivity contribution in [3.63, 3.8) is 0 Å². The zero-order valence-corrected chi connectivity index (χ0v) is 13.1. The molecule has 4 heteroatoms. The summed E-state index contributed by atoms with van der Waals surface area (Å²) in [5.74, 6) is 0.708. The van der Waals surface area contributed by atoms with Crippen molar-refractivity contribution in [1.29, 1.82) is 0 Å². The van der Waals surface area contributed by atoms with Gasteiger partial charge in [0.25, 0.3) is 0 Å². The van der Waals surface area contributed by atoms with Gasteiger partial charge in [-0.1, -0.05) is 39.0 Å². The molecule has 0 saturated heterocycles. The molecule has 1 heterocycles. The van der Waals surface area contributed by atoms with Crippen LogP contribution in [0.3, 0.4) is 0 Å². The number of amides is 1. The van der Waals surface area contributed by atoms with E-state index in [0.717, 1.165) is 16.7 Å². The molecule has 1 amide bonds. The molecule has 0 aliphatic rings. The summed E-state index contributed by atoms with van der Waals surface area (Å²) in [5, 5.41) is 3.99. The highest BCUT2D eigenvalue weighted by molar-refractivity contribution is 5.79. The van der Waals surface area contributed by atoms with Crippen LogP contribution >= 0.6 is 0 Å². The summed E-state index contributed by atoms with van der Waals surface area (Å²) in [6, 6.07) is 9.44. The Morgan fingerprint density at radius 2 is 2.00 bits per heavy atom. The van der Waals surface area contributed by atoms with Crippen molar-refractivity contribution < 1.29 is 9.21 Å². The third kappa shape index (κ3) is 3.85. The first-order valence-corrected chi connectivity index (χ1v) is 7.31. The third-order valence-corrected chi connectivity index (χ3v) is 3.77. The number of benzene rings is 1. The van der Waals surface area contributed by atoms with E-state index in [4.69, 9.17) is 10.2 Å². The van der Waals surface area contributed by atoms with Crippen molar-refractivity contribution in [3.8, 4) is 0 Å². The molecule has 21 heavy (non-hydrogen) atoms. The van der Waals surface area contributed by atoms with E-state index >= 15 is 0 Å². The SMILES string of the molecule is CC(NC(=O)CC(N)C(C)(C)C)c1cc2ccccc2o1. The number of carbonyl (C=O) groups is 1. The molecule has 2 unspecified atom stereocenters. The Hall–Kier alpha value is -1.81. The molecule has 0 bridgehead atoms. The van der Waals surface area contributed by atoms with Gasteiger partial charge in [0.15, 0.2) is 0 Å². The number of nitrogens with two attached hydrogens (primary N) is 1. The van der Waals surface area contributed by atoms with Gasteiger partial charge >= 0.3 is 0 Å². The largest absolute Gasteiger partial charge is 0.459 e. The molecule has 1 aromatic heterocycles. The standard InChI is InChI=1S/C17H24N2O2/c1-11(19-16(20)10-15(18)17(2,3)4)14-9-12-7-5-6-8-13(12)21-14/h5-9,11,15H,10,18H2,1-4H3,(H,19,20). The first-order valence-electron chi connectivity index (χ1n) is 7.31. The lowest BCUT2D eigenvalue weighted by Gasteiger charge is -2.26. The quantitative estimate of drug-likeness (QED) is 0.906. The first-order chi connectivity index (χ1) is 9.77. The fourth-order valence-corrected chi connectivity index (χ4v) is 2.09. The van der Waals surface area contributed by atoms with Crippen molar-refractivity contribution in [1.82, 2.24) is 5.32 Å². The number of furan rings is 1. The van der Waals surface area contributed by atoms with E-state index in [9.17, 15) is 4.79 Å². The third-order valence-electron chi connectivity index (χ3n) is 3.77. The Morgan fingerprint density at radius 1 is 1.33 bits per heavy atom. The van der Waals surface area contributed by atoms with Gasteiger partial charge < -0.3 is 15.5 Å². The van der Waals surface area contributed by atoms with Gasteiger partial charge in [0.05, 0.1) is 6.04 Å². The highest BCUT2D eigenvalue weighted by Crippen LogP contribution is 2.24. The minimum Gasteiger partial charge on any atom is -0.459 e. The minimum absolute atomic E-state index is 0.0506. The van der Waals surface area contributed by atoms with Crippen LogP contribution in [0.15, 0.2) is 34.7 Å². The van der Waals surface area contributed by atoms with Gasteiger partial charge in [0, 0.05) is 17.8 Å². The maximum absolute atomic E-state index is 12.1. The molecule has 0 aliphatic carbocycles. The lowest BCUT2D eigenvalue weighted by Crippen LogP contribution is -2.40. The van der Waals surface area contributed by atoms with Gasteiger partial charge in [-0.2, -0.15) is 0 Å². The van der Waals surface area contributed by atoms with Gasteiger partial charge in [-0.3, -0.25) is 4.79 Å². The molecule has 0 spiro atoms. The van der Waals surface area contributed by atoms with Crippen LogP contribution in [0, 0.1) is 5.41 Å². The lowest BCUT2D eigenvalue weighted by atomic mass is 9.85. The van der Waals surface area contributed by atoms with E-state index in [2.05, 4.69) is 5.32 Å². The van der Waals surface area contributed by atoms with Crippen LogP contribution in [0.25, 0.3) is 11.0 Å². The highest BCUT2D eigenvalue weighted by Gasteiger charge is 2.24. The molecule has 0 aliphatic heterocycles. The number of carbonyl (C=O) groups excluding carboxylic acids is 1. The van der Waals surface area contributed by atoms with Crippen LogP contribution in [-0.2, 0) is 4.79 Å². The fraction of sp³-hybridized carbons (Fsp3) is 0.471. The van der Waals surface area contributed by atoms with Crippen molar-refractivity contribution >= 4 is 16.9 Å². The Kier molecular flexibility index (Phi) is 4.37. The van der Waals surface area contributed by atoms with Gasteiger partial charge in [-0.25, -0.2) is 0 Å². The molecular formula is C17H24N2O2. The average molecular weight is 288 g/mol. The molecular weight excluding hydrogens is 264 g/mol. The molecule has 0 saturated carbocycles. The average Bonchev–Trinajstić information content (AvgIpc) is 2.81. The molecule has 0 radical (unpaired) electrons. The summed E-state index contributed by atoms with van der Waals surface area (Å²) < 4.78 is 5.76. The molecule has 114 valence electrons. The zero-order chi connectivity index (χ0) is 15.6. The monoisotopic (exact) mass is 288 g/mol. The summed E-state index contributed by atoms with van der Waals surface area (Å²) in [7, 11) is 0. The van der Waals surface area contributed by atoms with Crippen molar-refractivity contribution in [3.05, 3.63) is 36.1 Å². The van der Waals surface area contributed by atoms with Gasteiger partial charge in [0.2, 0.25) is 5.91 Å². The van der Waals surface area contributed by atoms with E-state index in [1.807, 2.05) is 58.0 Å². The predicted molar refractivity (Wildman–Crippen MR) is 84.8 cm³/mol. The Morgan fingerprint density at radius 3 is 2.62 bits per heavy atom. The van der Waals surface area contributed by atoms with Gasteiger partial charge in [-0.15, -0.1) is 0 Å². The van der Waals surface area contributed by atoms with Crippen LogP contribution in [-0.4, -0.2) is 11.9 Å². The summed E-state index contributed by atoms with van der Waals surface area (Å²) in [4.78, 5) is 12.1. The van der Waals surface area contributed by atoms with Crippen LogP contribution in [0.4, 0.5) is 0 Å². The van der Waals surface area contributed by atoms with E-state index < -0.39 is 0 Å². The fourth-order valence-electron chi connectivity index (χ4n) is 2.09. The van der Waals surface area contributed by atoms with Crippen molar-refractivity contribution in [2.45, 2.75) is 46.2 Å². The molecule has 2 atom stereocenters. The topological polar surface area (TPSA) is 68.3 Å². The number of rotatable bonds is 4. The number of hydrogen-bond acceptors (Lipinski definition) is 3. The van der Waals surface area contributed by atoms with Crippen molar-refractivity contribution in [2.75, 3.05) is 0 Å². The molecule has 2 aromatic rings. The van der Waals surface area contributed by atoms with Gasteiger partial charge in [-0.05, 0) is 24.5 Å². The molecule has 1 aromatic carbocycles. The Bertz CT molecular complexity index is 592. The summed E-state index contributed by atoms with van der Waals surface area (Å²) in [6.45, 7) is 8.02. The van der Waals surface area contributed by atoms with E-state index in [0.29, 0.717) is 6.42 Å². The number of fused-ring (bicyclic) bond motifs is 1. The second-order valence-corrected chi connectivity index (χ2v) is 6.65. The Labute approximate surface area is 125 Å². The highest BCUT2D eigenvalue weighted by atomic mass is 16.3. The van der Waals surface area contributed by atoms with Gasteiger partial charge in [0.1, 0.15) is 11.3 Å². The van der Waals surface area contributed by atoms with Crippen molar-refractivity contribution in [2.24, 2.45) is 11.1 Å². The lowest BCUT2D eigenvalue weighted by molar-refractivity contribution is -0.122. The van der Waals surface area contributed by atoms with E-state index in [-0.39, 0.29) is 23.4 Å². The van der Waals surface area contributed by atoms with Crippen LogP contribution in [0.1, 0.15) is 45.9 Å². The molecule has 2 rings (SSSR count). The molecule has 0 fully saturated rings. The summed E-state index contributed by atoms with van der Waals surface area (Å²) in [6.07, 6.45) is 0.314. The normalized spacial score (nSPS) is 14.9. The van der Waals surface area contributed by atoms with E-state index in [1.165, 1.54) is 0 Å². The second-order valence-electron chi connectivity index (χ2n) is 6.65. The van der Waals surface area contributed by atoms with Crippen LogP contribution in [0.5, 0.6) is 0 Å². The summed E-state index contributed by atoms with van der Waals surface area (Å²) in [5.41, 5.74) is 6.79. The molecule has 4 nitrogen and oxygen atoms in total. The smallest absolute Gasteiger partial charge is 0.222 e. The minimum atomic E-state index is -0.169. The maximum atomic E-state index is 12.1. The zero-order valence-electron chi connectivity index (χ0n) is 13.1. The first kappa shape index (κ1) is 15.6. The maximum Gasteiger partial charge on any atom is 0.222 e. The van der Waals surface area contributed by atoms with Crippen LogP contribution < -0.4 is 11.1 Å². The Balaban J connectivity index is 2.00. The van der Waals surface area contributed by atoms with E-state index in [1.54, 1.807) is 0 Å². The number of nitrogens with one attached hydrogen (secondary N) is 1. The molecule has 3 N–H and O–H groups in total.